The molecule has 1 heterocycles. The van der Waals surface area contributed by atoms with Crippen molar-refractivity contribution in [1.82, 2.24) is 10.2 Å². The zero-order chi connectivity index (χ0) is 16.2. The van der Waals surface area contributed by atoms with E-state index in [2.05, 4.69) is 5.32 Å². The van der Waals surface area contributed by atoms with Gasteiger partial charge in [-0.2, -0.15) is 0 Å². The second-order valence-electron chi connectivity index (χ2n) is 6.79. The number of rotatable bonds is 3. The van der Waals surface area contributed by atoms with E-state index in [-0.39, 0.29) is 11.8 Å². The Bertz CT molecular complexity index is 486. The lowest BCUT2D eigenvalue weighted by Gasteiger charge is -2.33. The van der Waals surface area contributed by atoms with E-state index in [0.717, 1.165) is 38.0 Å². The Morgan fingerprint density at radius 3 is 2.41 bits per heavy atom. The molecule has 0 aliphatic carbocycles. The van der Waals surface area contributed by atoms with Crippen LogP contribution in [0.4, 0.5) is 4.79 Å². The molecule has 0 saturated carbocycles. The Kier molecular flexibility index (Phi) is 5.29. The first kappa shape index (κ1) is 16.6. The quantitative estimate of drug-likeness (QED) is 0.901. The SMILES string of the molecule is CC(C)(C)OC(=O)N1CCC(NCc2ccc(O)cc2)CC1. The third kappa shape index (κ3) is 5.22. The van der Waals surface area contributed by atoms with Gasteiger partial charge in [0.2, 0.25) is 0 Å². The molecule has 1 aromatic rings. The molecule has 1 aromatic carbocycles. The summed E-state index contributed by atoms with van der Waals surface area (Å²) in [7, 11) is 0. The molecule has 0 bridgehead atoms. The minimum absolute atomic E-state index is 0.218. The lowest BCUT2D eigenvalue weighted by Crippen LogP contribution is -2.46. The van der Waals surface area contributed by atoms with Gasteiger partial charge in [-0.25, -0.2) is 4.79 Å². The van der Waals surface area contributed by atoms with Gasteiger partial charge >= 0.3 is 6.09 Å². The first-order chi connectivity index (χ1) is 10.3. The van der Waals surface area contributed by atoms with Gasteiger partial charge in [-0.05, 0) is 51.3 Å². The minimum atomic E-state index is -0.439. The van der Waals surface area contributed by atoms with E-state index < -0.39 is 5.60 Å². The van der Waals surface area contributed by atoms with Crippen LogP contribution in [-0.4, -0.2) is 40.8 Å². The summed E-state index contributed by atoms with van der Waals surface area (Å²) in [5, 5.41) is 12.8. The van der Waals surface area contributed by atoms with E-state index in [4.69, 9.17) is 4.74 Å². The molecule has 5 heteroatoms. The summed E-state index contributed by atoms with van der Waals surface area (Å²) < 4.78 is 5.40. The number of aromatic hydroxyl groups is 1. The van der Waals surface area contributed by atoms with Crippen molar-refractivity contribution in [3.8, 4) is 5.75 Å². The molecule has 1 aliphatic heterocycles. The number of benzene rings is 1. The highest BCUT2D eigenvalue weighted by Crippen LogP contribution is 2.16. The van der Waals surface area contributed by atoms with Gasteiger partial charge < -0.3 is 20.1 Å². The third-order valence-corrected chi connectivity index (χ3v) is 3.68. The van der Waals surface area contributed by atoms with Crippen molar-refractivity contribution in [2.24, 2.45) is 0 Å². The maximum absolute atomic E-state index is 12.0. The Labute approximate surface area is 132 Å². The predicted octanol–water partition coefficient (Wildman–Crippen LogP) is 2.88. The van der Waals surface area contributed by atoms with Crippen LogP contribution in [0.3, 0.4) is 0 Å². The van der Waals surface area contributed by atoms with Crippen molar-refractivity contribution in [3.63, 3.8) is 0 Å². The summed E-state index contributed by atoms with van der Waals surface area (Å²) in [5.74, 6) is 0.286. The van der Waals surface area contributed by atoms with Crippen LogP contribution in [-0.2, 0) is 11.3 Å². The number of likely N-dealkylation sites (tertiary alicyclic amines) is 1. The number of hydrogen-bond donors (Lipinski definition) is 2. The number of carbonyl (C=O) groups is 1. The fraction of sp³-hybridized carbons (Fsp3) is 0.588. The molecule has 22 heavy (non-hydrogen) atoms. The molecule has 1 fully saturated rings. The lowest BCUT2D eigenvalue weighted by molar-refractivity contribution is 0.0198. The van der Waals surface area contributed by atoms with E-state index in [9.17, 15) is 9.90 Å². The van der Waals surface area contributed by atoms with Crippen molar-refractivity contribution in [2.75, 3.05) is 13.1 Å². The zero-order valence-electron chi connectivity index (χ0n) is 13.6. The molecule has 0 aromatic heterocycles. The summed E-state index contributed by atoms with van der Waals surface area (Å²) >= 11 is 0. The van der Waals surface area contributed by atoms with Crippen LogP contribution in [0.5, 0.6) is 5.75 Å². The van der Waals surface area contributed by atoms with E-state index in [1.165, 1.54) is 0 Å². The highest BCUT2D eigenvalue weighted by molar-refractivity contribution is 5.68. The Hall–Kier alpha value is -1.75. The van der Waals surface area contributed by atoms with Crippen molar-refractivity contribution in [1.29, 1.82) is 0 Å². The van der Waals surface area contributed by atoms with E-state index in [1.807, 2.05) is 32.9 Å². The van der Waals surface area contributed by atoms with Crippen LogP contribution >= 0.6 is 0 Å². The second kappa shape index (κ2) is 7.01. The number of nitrogens with one attached hydrogen (secondary N) is 1. The Balaban J connectivity index is 1.73. The Morgan fingerprint density at radius 1 is 1.27 bits per heavy atom. The molecule has 1 amide bonds. The standard InChI is InChI=1S/C17H26N2O3/c1-17(2,3)22-16(21)19-10-8-14(9-11-19)18-12-13-4-6-15(20)7-5-13/h4-7,14,18,20H,8-12H2,1-3H3. The zero-order valence-corrected chi connectivity index (χ0v) is 13.6. The monoisotopic (exact) mass is 306 g/mol. The number of amides is 1. The second-order valence-corrected chi connectivity index (χ2v) is 6.79. The molecule has 0 unspecified atom stereocenters. The first-order valence-corrected chi connectivity index (χ1v) is 7.83. The largest absolute Gasteiger partial charge is 0.508 e. The summed E-state index contributed by atoms with van der Waals surface area (Å²) in [6.07, 6.45) is 1.64. The topological polar surface area (TPSA) is 61.8 Å². The summed E-state index contributed by atoms with van der Waals surface area (Å²) in [4.78, 5) is 13.8. The fourth-order valence-electron chi connectivity index (χ4n) is 2.47. The van der Waals surface area contributed by atoms with Crippen LogP contribution in [0.15, 0.2) is 24.3 Å². The van der Waals surface area contributed by atoms with Crippen LogP contribution in [0.1, 0.15) is 39.2 Å². The van der Waals surface area contributed by atoms with Crippen LogP contribution < -0.4 is 5.32 Å². The first-order valence-electron chi connectivity index (χ1n) is 7.83. The molecule has 122 valence electrons. The highest BCUT2D eigenvalue weighted by atomic mass is 16.6. The molecule has 0 radical (unpaired) electrons. The lowest BCUT2D eigenvalue weighted by atomic mass is 10.0. The van der Waals surface area contributed by atoms with Gasteiger partial charge in [-0.15, -0.1) is 0 Å². The maximum atomic E-state index is 12.0. The molecular formula is C17H26N2O3. The van der Waals surface area contributed by atoms with Crippen molar-refractivity contribution < 1.29 is 14.6 Å². The number of phenolic OH excluding ortho intramolecular Hbond substituents is 1. The summed E-state index contributed by atoms with van der Waals surface area (Å²) in [5.41, 5.74) is 0.706. The average Bonchev–Trinajstić information content (AvgIpc) is 2.45. The number of piperidine rings is 1. The number of carbonyl (C=O) groups excluding carboxylic acids is 1. The van der Waals surface area contributed by atoms with Gasteiger partial charge in [-0.1, -0.05) is 12.1 Å². The van der Waals surface area contributed by atoms with Crippen LogP contribution in [0, 0.1) is 0 Å². The van der Waals surface area contributed by atoms with E-state index in [1.54, 1.807) is 17.0 Å². The molecule has 2 N–H and O–H groups in total. The molecule has 1 saturated heterocycles. The third-order valence-electron chi connectivity index (χ3n) is 3.68. The van der Waals surface area contributed by atoms with Gasteiger partial charge in [0.05, 0.1) is 0 Å². The van der Waals surface area contributed by atoms with Crippen LogP contribution in [0.25, 0.3) is 0 Å². The fourth-order valence-corrected chi connectivity index (χ4v) is 2.47. The molecule has 0 spiro atoms. The Morgan fingerprint density at radius 2 is 1.86 bits per heavy atom. The maximum Gasteiger partial charge on any atom is 0.410 e. The van der Waals surface area contributed by atoms with Crippen molar-refractivity contribution in [2.45, 2.75) is 51.8 Å². The molecular weight excluding hydrogens is 280 g/mol. The smallest absolute Gasteiger partial charge is 0.410 e. The van der Waals surface area contributed by atoms with Gasteiger partial charge in [0, 0.05) is 25.7 Å². The molecule has 2 rings (SSSR count). The van der Waals surface area contributed by atoms with E-state index in [0.29, 0.717) is 6.04 Å². The average molecular weight is 306 g/mol. The van der Waals surface area contributed by atoms with Gasteiger partial charge in [-0.3, -0.25) is 0 Å². The predicted molar refractivity (Wildman–Crippen MR) is 85.8 cm³/mol. The number of nitrogens with zero attached hydrogens (tertiary/aromatic N) is 1. The van der Waals surface area contributed by atoms with Gasteiger partial charge in [0.15, 0.2) is 0 Å². The summed E-state index contributed by atoms with van der Waals surface area (Å²) in [6.45, 7) is 7.88. The van der Waals surface area contributed by atoms with Crippen molar-refractivity contribution >= 4 is 6.09 Å². The molecule has 1 aliphatic rings. The van der Waals surface area contributed by atoms with Crippen LogP contribution in [0.2, 0.25) is 0 Å². The molecule has 0 atom stereocenters. The number of hydrogen-bond acceptors (Lipinski definition) is 4. The molecule has 5 nitrogen and oxygen atoms in total. The van der Waals surface area contributed by atoms with E-state index >= 15 is 0 Å². The van der Waals surface area contributed by atoms with Crippen molar-refractivity contribution in [3.05, 3.63) is 29.8 Å². The summed E-state index contributed by atoms with van der Waals surface area (Å²) in [6, 6.07) is 7.63. The number of ether oxygens (including phenoxy) is 1. The van der Waals surface area contributed by atoms with Gasteiger partial charge in [0.1, 0.15) is 11.4 Å². The van der Waals surface area contributed by atoms with Gasteiger partial charge in [0.25, 0.3) is 0 Å². The minimum Gasteiger partial charge on any atom is -0.508 e. The normalized spacial score (nSPS) is 16.6. The highest BCUT2D eigenvalue weighted by Gasteiger charge is 2.26. The number of phenols is 1.